The molecule has 1 aliphatic heterocycles. The maximum Gasteiger partial charge on any atom is 0.254 e. The van der Waals surface area contributed by atoms with Gasteiger partial charge in [0.05, 0.1) is 0 Å². The Kier molecular flexibility index (Phi) is 2.98. The van der Waals surface area contributed by atoms with Gasteiger partial charge in [-0.05, 0) is 29.5 Å². The third kappa shape index (κ3) is 2.21. The molecular formula is C14H14N2O2S. The Balaban J connectivity index is 1.85. The van der Waals surface area contributed by atoms with E-state index in [1.54, 1.807) is 30.6 Å². The lowest BCUT2D eigenvalue weighted by Crippen LogP contribution is -2.36. The molecule has 0 aromatic carbocycles. The molecule has 0 N–H and O–H groups in total. The van der Waals surface area contributed by atoms with Gasteiger partial charge in [-0.1, -0.05) is 0 Å². The number of pyridine rings is 1. The van der Waals surface area contributed by atoms with Crippen molar-refractivity contribution in [2.24, 2.45) is 7.05 Å². The van der Waals surface area contributed by atoms with E-state index in [4.69, 9.17) is 0 Å². The van der Waals surface area contributed by atoms with E-state index >= 15 is 0 Å². The van der Waals surface area contributed by atoms with Crippen LogP contribution in [0.4, 0.5) is 0 Å². The predicted molar refractivity (Wildman–Crippen MR) is 74.4 cm³/mol. The van der Waals surface area contributed by atoms with Crippen LogP contribution in [0.15, 0.2) is 34.6 Å². The van der Waals surface area contributed by atoms with Crippen molar-refractivity contribution >= 4 is 17.2 Å². The largest absolute Gasteiger partial charge is 0.334 e. The molecule has 1 aliphatic rings. The number of hydrogen-bond acceptors (Lipinski definition) is 3. The van der Waals surface area contributed by atoms with Crippen LogP contribution in [0.3, 0.4) is 0 Å². The van der Waals surface area contributed by atoms with E-state index in [9.17, 15) is 9.59 Å². The van der Waals surface area contributed by atoms with Crippen LogP contribution < -0.4 is 5.56 Å². The second-order valence-corrected chi connectivity index (χ2v) is 5.71. The fraction of sp³-hybridized carbons (Fsp3) is 0.286. The summed E-state index contributed by atoms with van der Waals surface area (Å²) < 4.78 is 1.46. The normalized spacial score (nSPS) is 14.3. The fourth-order valence-corrected chi connectivity index (χ4v) is 3.18. The zero-order chi connectivity index (χ0) is 13.4. The highest BCUT2D eigenvalue weighted by atomic mass is 32.1. The van der Waals surface area contributed by atoms with Gasteiger partial charge in [0.15, 0.2) is 0 Å². The van der Waals surface area contributed by atoms with E-state index < -0.39 is 0 Å². The summed E-state index contributed by atoms with van der Waals surface area (Å²) in [4.78, 5) is 27.1. The number of nitrogens with zero attached hydrogens (tertiary/aromatic N) is 2. The number of hydrogen-bond donors (Lipinski definition) is 0. The highest BCUT2D eigenvalue weighted by Crippen LogP contribution is 2.24. The van der Waals surface area contributed by atoms with Crippen LogP contribution in [0.5, 0.6) is 0 Å². The van der Waals surface area contributed by atoms with Gasteiger partial charge in [-0.25, -0.2) is 0 Å². The van der Waals surface area contributed by atoms with E-state index in [1.807, 2.05) is 4.90 Å². The Morgan fingerprint density at radius 2 is 2.21 bits per heavy atom. The molecule has 2 aromatic rings. The van der Waals surface area contributed by atoms with Gasteiger partial charge >= 0.3 is 0 Å². The summed E-state index contributed by atoms with van der Waals surface area (Å²) in [5.41, 5.74) is 1.55. The Hall–Kier alpha value is -1.88. The highest BCUT2D eigenvalue weighted by Gasteiger charge is 2.22. The lowest BCUT2D eigenvalue weighted by Gasteiger charge is -2.27. The molecule has 5 heteroatoms. The van der Waals surface area contributed by atoms with E-state index in [0.29, 0.717) is 12.1 Å². The average Bonchev–Trinajstić information content (AvgIpc) is 2.88. The number of fused-ring (bicyclic) bond motifs is 1. The zero-order valence-electron chi connectivity index (χ0n) is 10.6. The number of amides is 1. The minimum atomic E-state index is -0.154. The minimum Gasteiger partial charge on any atom is -0.334 e. The number of aromatic nitrogens is 1. The van der Waals surface area contributed by atoms with Crippen molar-refractivity contribution in [3.05, 3.63) is 56.1 Å². The minimum absolute atomic E-state index is 0.0606. The van der Waals surface area contributed by atoms with E-state index in [1.165, 1.54) is 21.1 Å². The summed E-state index contributed by atoms with van der Waals surface area (Å²) in [5, 5.41) is 2.07. The first-order valence-electron chi connectivity index (χ1n) is 6.16. The van der Waals surface area contributed by atoms with Crippen molar-refractivity contribution in [1.29, 1.82) is 0 Å². The topological polar surface area (TPSA) is 42.3 Å². The number of thiophene rings is 1. The SMILES string of the molecule is Cn1ccc(C(=O)N2CCc3sccc3C2)cc1=O. The summed E-state index contributed by atoms with van der Waals surface area (Å²) in [6.07, 6.45) is 2.54. The first-order valence-corrected chi connectivity index (χ1v) is 7.04. The number of carbonyl (C=O) groups is 1. The lowest BCUT2D eigenvalue weighted by molar-refractivity contribution is 0.0735. The summed E-state index contributed by atoms with van der Waals surface area (Å²) >= 11 is 1.75. The molecule has 2 aromatic heterocycles. The van der Waals surface area contributed by atoms with Crippen LogP contribution in [0, 0.1) is 0 Å². The molecule has 19 heavy (non-hydrogen) atoms. The third-order valence-corrected chi connectivity index (χ3v) is 4.47. The molecule has 0 fully saturated rings. The van der Waals surface area contributed by atoms with E-state index in [2.05, 4.69) is 11.4 Å². The quantitative estimate of drug-likeness (QED) is 0.793. The third-order valence-electron chi connectivity index (χ3n) is 3.45. The van der Waals surface area contributed by atoms with Crippen LogP contribution in [0.25, 0.3) is 0 Å². The molecular weight excluding hydrogens is 260 g/mol. The molecule has 0 radical (unpaired) electrons. The Labute approximate surface area is 114 Å². The van der Waals surface area contributed by atoms with Crippen molar-refractivity contribution in [1.82, 2.24) is 9.47 Å². The van der Waals surface area contributed by atoms with Crippen molar-refractivity contribution < 1.29 is 4.79 Å². The highest BCUT2D eigenvalue weighted by molar-refractivity contribution is 7.10. The molecule has 0 saturated heterocycles. The number of carbonyl (C=O) groups excluding carboxylic acids is 1. The summed E-state index contributed by atoms with van der Waals surface area (Å²) in [6, 6.07) is 5.18. The summed E-state index contributed by atoms with van der Waals surface area (Å²) in [5.74, 6) is -0.0606. The summed E-state index contributed by atoms with van der Waals surface area (Å²) in [6.45, 7) is 1.37. The second kappa shape index (κ2) is 4.66. The molecule has 3 rings (SSSR count). The van der Waals surface area contributed by atoms with Crippen molar-refractivity contribution in [2.45, 2.75) is 13.0 Å². The molecule has 0 spiro atoms. The molecule has 0 saturated carbocycles. The average molecular weight is 274 g/mol. The standard InChI is InChI=1S/C14H14N2O2S/c1-15-5-2-10(8-13(15)17)14(18)16-6-3-12-11(9-16)4-7-19-12/h2,4-5,7-8H,3,6,9H2,1H3. The fourth-order valence-electron chi connectivity index (χ4n) is 2.29. The van der Waals surface area contributed by atoms with Gasteiger partial charge in [-0.2, -0.15) is 0 Å². The van der Waals surface area contributed by atoms with Crippen LogP contribution >= 0.6 is 11.3 Å². The molecule has 1 amide bonds. The molecule has 3 heterocycles. The van der Waals surface area contributed by atoms with E-state index in [-0.39, 0.29) is 11.5 Å². The van der Waals surface area contributed by atoms with Crippen molar-refractivity contribution in [3.8, 4) is 0 Å². The predicted octanol–water partition coefficient (Wildman–Crippen LogP) is 1.65. The molecule has 0 atom stereocenters. The second-order valence-electron chi connectivity index (χ2n) is 4.71. The maximum atomic E-state index is 12.4. The van der Waals surface area contributed by atoms with Crippen LogP contribution in [0.1, 0.15) is 20.8 Å². The van der Waals surface area contributed by atoms with Crippen LogP contribution in [-0.4, -0.2) is 21.9 Å². The van der Waals surface area contributed by atoms with Gasteiger partial charge in [0.25, 0.3) is 11.5 Å². The zero-order valence-corrected chi connectivity index (χ0v) is 11.4. The van der Waals surface area contributed by atoms with Gasteiger partial charge < -0.3 is 9.47 Å². The van der Waals surface area contributed by atoms with Gasteiger partial charge in [0.2, 0.25) is 0 Å². The lowest BCUT2D eigenvalue weighted by atomic mass is 10.1. The molecule has 4 nitrogen and oxygen atoms in total. The van der Waals surface area contributed by atoms with Gasteiger partial charge in [0.1, 0.15) is 0 Å². The van der Waals surface area contributed by atoms with E-state index in [0.717, 1.165) is 13.0 Å². The molecule has 0 aliphatic carbocycles. The Morgan fingerprint density at radius 3 is 3.00 bits per heavy atom. The molecule has 0 unspecified atom stereocenters. The maximum absolute atomic E-state index is 12.4. The molecule has 0 bridgehead atoms. The Morgan fingerprint density at radius 1 is 1.37 bits per heavy atom. The number of aryl methyl sites for hydroxylation is 1. The van der Waals surface area contributed by atoms with Crippen molar-refractivity contribution in [3.63, 3.8) is 0 Å². The van der Waals surface area contributed by atoms with Crippen LogP contribution in [0.2, 0.25) is 0 Å². The van der Waals surface area contributed by atoms with Gasteiger partial charge in [0, 0.05) is 42.8 Å². The molecule has 98 valence electrons. The van der Waals surface area contributed by atoms with Gasteiger partial charge in [-0.3, -0.25) is 9.59 Å². The Bertz CT molecular complexity index is 687. The smallest absolute Gasteiger partial charge is 0.254 e. The van der Waals surface area contributed by atoms with Crippen molar-refractivity contribution in [2.75, 3.05) is 6.54 Å². The number of rotatable bonds is 1. The van der Waals surface area contributed by atoms with Crippen LogP contribution in [-0.2, 0) is 20.0 Å². The summed E-state index contributed by atoms with van der Waals surface area (Å²) in [7, 11) is 1.68. The first kappa shape index (κ1) is 12.2. The monoisotopic (exact) mass is 274 g/mol. The van der Waals surface area contributed by atoms with Gasteiger partial charge in [-0.15, -0.1) is 11.3 Å². The first-order chi connectivity index (χ1) is 9.15.